The monoisotopic (exact) mass is 434 g/mol. The predicted molar refractivity (Wildman–Crippen MR) is 119 cm³/mol. The number of carbonyl (C=O) groups is 2. The number of nitrogens with zero attached hydrogens (tertiary/aromatic N) is 2. The van der Waals surface area contributed by atoms with Gasteiger partial charge >= 0.3 is 0 Å². The van der Waals surface area contributed by atoms with E-state index in [4.69, 9.17) is 5.26 Å². The number of benzene rings is 2. The van der Waals surface area contributed by atoms with Gasteiger partial charge in [0.15, 0.2) is 0 Å². The van der Waals surface area contributed by atoms with Gasteiger partial charge < -0.3 is 15.5 Å². The first-order chi connectivity index (χ1) is 15.6. The predicted octanol–water partition coefficient (Wildman–Crippen LogP) is 3.70. The van der Waals surface area contributed by atoms with Gasteiger partial charge in [0, 0.05) is 24.7 Å². The fraction of sp³-hybridized carbons (Fsp3) is 0.400. The molecule has 0 aromatic heterocycles. The molecular weight excluding hydrogens is 407 g/mol. The number of fused-ring (bicyclic) bond motifs is 1. The van der Waals surface area contributed by atoms with E-state index in [1.807, 2.05) is 29.2 Å². The molecule has 1 heterocycles. The lowest BCUT2D eigenvalue weighted by Crippen LogP contribution is -2.50. The third-order valence-electron chi connectivity index (χ3n) is 6.51. The lowest BCUT2D eigenvalue weighted by atomic mass is 9.84. The van der Waals surface area contributed by atoms with E-state index >= 15 is 0 Å². The van der Waals surface area contributed by atoms with E-state index < -0.39 is 11.9 Å². The SMILES string of the molecule is N#Cc1c(F)cccc1NCCNC(=O)C1CC2CCCCC2N1C(=O)c1ccccc1. The van der Waals surface area contributed by atoms with Gasteiger partial charge in [-0.15, -0.1) is 0 Å². The minimum atomic E-state index is -0.579. The minimum absolute atomic E-state index is 0.0432. The lowest BCUT2D eigenvalue weighted by molar-refractivity contribution is -0.125. The Kier molecular flexibility index (Phi) is 6.69. The van der Waals surface area contributed by atoms with Crippen LogP contribution in [0.3, 0.4) is 0 Å². The number of hydrogen-bond donors (Lipinski definition) is 2. The smallest absolute Gasteiger partial charge is 0.254 e. The second-order valence-corrected chi connectivity index (χ2v) is 8.43. The van der Waals surface area contributed by atoms with Crippen LogP contribution in [0.4, 0.5) is 10.1 Å². The van der Waals surface area contributed by atoms with Gasteiger partial charge in [-0.25, -0.2) is 4.39 Å². The fourth-order valence-corrected chi connectivity index (χ4v) is 5.00. The Balaban J connectivity index is 1.41. The number of rotatable bonds is 6. The van der Waals surface area contributed by atoms with E-state index in [0.717, 1.165) is 25.7 Å². The molecule has 0 bridgehead atoms. The van der Waals surface area contributed by atoms with Gasteiger partial charge in [-0.05, 0) is 49.4 Å². The number of hydrogen-bond acceptors (Lipinski definition) is 4. The van der Waals surface area contributed by atoms with Crippen LogP contribution in [0, 0.1) is 23.1 Å². The van der Waals surface area contributed by atoms with Crippen LogP contribution in [0.1, 0.15) is 48.0 Å². The maximum Gasteiger partial charge on any atom is 0.254 e. The van der Waals surface area contributed by atoms with E-state index in [-0.39, 0.29) is 23.4 Å². The minimum Gasteiger partial charge on any atom is -0.382 e. The third-order valence-corrected chi connectivity index (χ3v) is 6.51. The Morgan fingerprint density at radius 3 is 2.62 bits per heavy atom. The van der Waals surface area contributed by atoms with Gasteiger partial charge in [0.25, 0.3) is 5.91 Å². The van der Waals surface area contributed by atoms with Crippen molar-refractivity contribution < 1.29 is 14.0 Å². The molecule has 2 aromatic rings. The molecule has 1 saturated heterocycles. The zero-order valence-electron chi connectivity index (χ0n) is 17.9. The molecule has 2 aromatic carbocycles. The van der Waals surface area contributed by atoms with Crippen molar-refractivity contribution >= 4 is 17.5 Å². The highest BCUT2D eigenvalue weighted by Gasteiger charge is 2.47. The van der Waals surface area contributed by atoms with Crippen LogP contribution < -0.4 is 10.6 Å². The molecule has 0 radical (unpaired) electrons. The van der Waals surface area contributed by atoms with Crippen molar-refractivity contribution in [1.29, 1.82) is 5.26 Å². The topological polar surface area (TPSA) is 85.2 Å². The molecule has 3 unspecified atom stereocenters. The number of nitriles is 1. The van der Waals surface area contributed by atoms with E-state index in [9.17, 15) is 14.0 Å². The number of likely N-dealkylation sites (tertiary alicyclic amines) is 1. The molecule has 2 N–H and O–H groups in total. The van der Waals surface area contributed by atoms with Gasteiger partial charge in [-0.1, -0.05) is 37.1 Å². The summed E-state index contributed by atoms with van der Waals surface area (Å²) in [6.45, 7) is 0.648. The summed E-state index contributed by atoms with van der Waals surface area (Å²) in [6.07, 6.45) is 4.88. The summed E-state index contributed by atoms with van der Waals surface area (Å²) < 4.78 is 13.7. The summed E-state index contributed by atoms with van der Waals surface area (Å²) >= 11 is 0. The van der Waals surface area contributed by atoms with Crippen LogP contribution in [0.25, 0.3) is 0 Å². The molecule has 1 saturated carbocycles. The Morgan fingerprint density at radius 1 is 1.06 bits per heavy atom. The Morgan fingerprint density at radius 2 is 1.84 bits per heavy atom. The van der Waals surface area contributed by atoms with Crippen LogP contribution >= 0.6 is 0 Å². The summed E-state index contributed by atoms with van der Waals surface area (Å²) in [4.78, 5) is 28.2. The van der Waals surface area contributed by atoms with E-state index in [1.54, 1.807) is 18.2 Å². The van der Waals surface area contributed by atoms with Gasteiger partial charge in [0.1, 0.15) is 23.5 Å². The highest BCUT2D eigenvalue weighted by atomic mass is 19.1. The summed E-state index contributed by atoms with van der Waals surface area (Å²) in [5, 5.41) is 15.1. The summed E-state index contributed by atoms with van der Waals surface area (Å²) in [5.41, 5.74) is 0.959. The largest absolute Gasteiger partial charge is 0.382 e. The number of anilines is 1. The van der Waals surface area contributed by atoms with Crippen LogP contribution in [-0.2, 0) is 4.79 Å². The summed E-state index contributed by atoms with van der Waals surface area (Å²) in [7, 11) is 0. The molecule has 2 amide bonds. The quantitative estimate of drug-likeness (QED) is 0.679. The van der Waals surface area contributed by atoms with Crippen molar-refractivity contribution in [3.63, 3.8) is 0 Å². The standard InChI is InChI=1S/C25H27FN4O2/c26-20-10-6-11-21(19(20)16-27)28-13-14-29-24(31)23-15-18-9-4-5-12-22(18)30(23)25(32)17-7-2-1-3-8-17/h1-3,6-8,10-11,18,22-23,28H,4-5,9,12-15H2,(H,29,31). The van der Waals surface area contributed by atoms with E-state index in [0.29, 0.717) is 36.7 Å². The van der Waals surface area contributed by atoms with Crippen LogP contribution in [-0.4, -0.2) is 41.9 Å². The zero-order valence-corrected chi connectivity index (χ0v) is 17.9. The Bertz CT molecular complexity index is 1020. The summed E-state index contributed by atoms with van der Waals surface area (Å²) in [6, 6.07) is 15.0. The van der Waals surface area contributed by atoms with Gasteiger partial charge in [-0.3, -0.25) is 9.59 Å². The second kappa shape index (κ2) is 9.82. The average Bonchev–Trinajstić information content (AvgIpc) is 3.21. The zero-order chi connectivity index (χ0) is 22.5. The highest BCUT2D eigenvalue weighted by molar-refractivity contribution is 5.98. The van der Waals surface area contributed by atoms with E-state index in [2.05, 4.69) is 10.6 Å². The molecule has 166 valence electrons. The molecule has 4 rings (SSSR count). The van der Waals surface area contributed by atoms with Gasteiger partial charge in [0.2, 0.25) is 5.91 Å². The second-order valence-electron chi connectivity index (χ2n) is 8.43. The Hall–Kier alpha value is -3.40. The molecule has 2 fully saturated rings. The van der Waals surface area contributed by atoms with Crippen LogP contribution in [0.15, 0.2) is 48.5 Å². The van der Waals surface area contributed by atoms with Gasteiger partial charge in [-0.2, -0.15) is 5.26 Å². The molecule has 1 aliphatic carbocycles. The molecule has 0 spiro atoms. The first-order valence-corrected chi connectivity index (χ1v) is 11.2. The molecule has 3 atom stereocenters. The van der Waals surface area contributed by atoms with Crippen molar-refractivity contribution in [3.8, 4) is 6.07 Å². The maximum atomic E-state index is 13.7. The molecule has 1 aliphatic heterocycles. The van der Waals surface area contributed by atoms with Crippen molar-refractivity contribution in [2.75, 3.05) is 18.4 Å². The fourth-order valence-electron chi connectivity index (χ4n) is 5.00. The van der Waals surface area contributed by atoms with Crippen molar-refractivity contribution in [2.24, 2.45) is 5.92 Å². The molecule has 6 nitrogen and oxygen atoms in total. The van der Waals surface area contributed by atoms with Crippen LogP contribution in [0.5, 0.6) is 0 Å². The van der Waals surface area contributed by atoms with Crippen molar-refractivity contribution in [1.82, 2.24) is 10.2 Å². The third kappa shape index (κ3) is 4.45. The molecule has 32 heavy (non-hydrogen) atoms. The average molecular weight is 435 g/mol. The normalized spacial score (nSPS) is 22.0. The molecule has 7 heteroatoms. The van der Waals surface area contributed by atoms with Crippen molar-refractivity contribution in [2.45, 2.75) is 44.2 Å². The number of halogens is 1. The number of nitrogens with one attached hydrogen (secondary N) is 2. The van der Waals surface area contributed by atoms with Crippen molar-refractivity contribution in [3.05, 3.63) is 65.5 Å². The first kappa shape index (κ1) is 21.8. The number of carbonyl (C=O) groups excluding carboxylic acids is 2. The lowest BCUT2D eigenvalue weighted by Gasteiger charge is -2.33. The highest BCUT2D eigenvalue weighted by Crippen LogP contribution is 2.40. The van der Waals surface area contributed by atoms with E-state index in [1.165, 1.54) is 12.1 Å². The maximum absolute atomic E-state index is 13.7. The Labute approximate surface area is 187 Å². The van der Waals surface area contributed by atoms with Crippen LogP contribution in [0.2, 0.25) is 0 Å². The molecular formula is C25H27FN4O2. The van der Waals surface area contributed by atoms with Gasteiger partial charge in [0.05, 0.1) is 5.69 Å². The first-order valence-electron chi connectivity index (χ1n) is 11.2. The number of amides is 2. The molecule has 2 aliphatic rings. The summed E-state index contributed by atoms with van der Waals surface area (Å²) in [5.74, 6) is -0.470.